The second-order valence-corrected chi connectivity index (χ2v) is 20.9. The van der Waals surface area contributed by atoms with Gasteiger partial charge in [-0.2, -0.15) is 0 Å². The zero-order valence-electron chi connectivity index (χ0n) is 42.6. The second-order valence-electron chi connectivity index (χ2n) is 20.9. The smallest absolute Gasteiger partial charge is 0.140 e. The molecule has 13 aromatic rings. The fourth-order valence-corrected chi connectivity index (χ4v) is 14.1. The molecule has 0 N–H and O–H groups in total. The van der Waals surface area contributed by atoms with E-state index < -0.39 is 10.8 Å². The predicted octanol–water partition coefficient (Wildman–Crippen LogP) is 19.6. The van der Waals surface area contributed by atoms with Crippen molar-refractivity contribution in [3.05, 3.63) is 342 Å². The van der Waals surface area contributed by atoms with Gasteiger partial charge in [-0.1, -0.05) is 273 Å². The van der Waals surface area contributed by atoms with Crippen molar-refractivity contribution >= 4 is 38.6 Å². The highest BCUT2D eigenvalue weighted by atomic mass is 16.5. The normalized spacial score (nSPS) is 13.7. The number of hydrogen-bond acceptors (Lipinski definition) is 2. The third-order valence-electron chi connectivity index (χ3n) is 17.2. The van der Waals surface area contributed by atoms with Gasteiger partial charge < -0.3 is 9.64 Å². The molecular weight excluding hydrogens is 943 g/mol. The van der Waals surface area contributed by atoms with Crippen molar-refractivity contribution in [1.29, 1.82) is 0 Å². The summed E-state index contributed by atoms with van der Waals surface area (Å²) in [7, 11) is 0. The number of rotatable bonds is 7. The maximum atomic E-state index is 7.28. The van der Waals surface area contributed by atoms with Crippen molar-refractivity contribution in [2.24, 2.45) is 0 Å². The summed E-state index contributed by atoms with van der Waals surface area (Å²) in [6, 6.07) is 110. The molecule has 2 aliphatic carbocycles. The van der Waals surface area contributed by atoms with E-state index in [4.69, 9.17) is 4.74 Å². The van der Waals surface area contributed by atoms with Gasteiger partial charge in [0.2, 0.25) is 0 Å². The molecule has 0 radical (unpaired) electrons. The molecule has 0 atom stereocenters. The van der Waals surface area contributed by atoms with Gasteiger partial charge in [0.25, 0.3) is 0 Å². The molecule has 0 unspecified atom stereocenters. The van der Waals surface area contributed by atoms with Crippen LogP contribution >= 0.6 is 0 Å². The Morgan fingerprint density at radius 3 is 1.32 bits per heavy atom. The van der Waals surface area contributed by atoms with Crippen molar-refractivity contribution in [2.45, 2.75) is 10.8 Å². The van der Waals surface area contributed by atoms with Crippen molar-refractivity contribution in [3.63, 3.8) is 0 Å². The maximum Gasteiger partial charge on any atom is 0.140 e. The monoisotopic (exact) mass is 991 g/mol. The van der Waals surface area contributed by atoms with E-state index >= 15 is 0 Å². The van der Waals surface area contributed by atoms with Crippen molar-refractivity contribution in [1.82, 2.24) is 0 Å². The van der Waals surface area contributed by atoms with Crippen molar-refractivity contribution in [2.75, 3.05) is 4.90 Å². The van der Waals surface area contributed by atoms with Gasteiger partial charge in [0, 0.05) is 38.7 Å². The number of fused-ring (bicyclic) bond motifs is 16. The molecule has 78 heavy (non-hydrogen) atoms. The summed E-state index contributed by atoms with van der Waals surface area (Å²) in [6.45, 7) is 0. The lowest BCUT2D eigenvalue weighted by Crippen LogP contribution is -2.32. The van der Waals surface area contributed by atoms with E-state index in [1.807, 2.05) is 0 Å². The summed E-state index contributed by atoms with van der Waals surface area (Å²) in [5, 5.41) is 4.55. The van der Waals surface area contributed by atoms with Gasteiger partial charge in [-0.05, 0) is 102 Å². The number of anilines is 3. The number of hydrogen-bond donors (Lipinski definition) is 0. The molecule has 0 aromatic heterocycles. The summed E-state index contributed by atoms with van der Waals surface area (Å²) in [4.78, 5) is 2.51. The van der Waals surface area contributed by atoms with Crippen LogP contribution < -0.4 is 9.64 Å². The summed E-state index contributed by atoms with van der Waals surface area (Å²) in [6.07, 6.45) is 0. The molecular formula is C76H49NO. The van der Waals surface area contributed by atoms with E-state index in [9.17, 15) is 0 Å². The Hall–Kier alpha value is -10.0. The molecule has 2 heteroatoms. The average Bonchev–Trinajstić information content (AvgIpc) is 3.79. The molecule has 1 spiro atoms. The van der Waals surface area contributed by atoms with Crippen LogP contribution in [0.5, 0.6) is 11.5 Å². The van der Waals surface area contributed by atoms with Crippen LogP contribution in [0.25, 0.3) is 66.1 Å². The lowest BCUT2D eigenvalue weighted by Gasteiger charge is -2.40. The van der Waals surface area contributed by atoms with Crippen LogP contribution in [0.15, 0.2) is 297 Å². The Bertz CT molecular complexity index is 4400. The Morgan fingerprint density at radius 2 is 0.692 bits per heavy atom. The van der Waals surface area contributed by atoms with Gasteiger partial charge in [0.1, 0.15) is 11.5 Å². The molecule has 0 saturated heterocycles. The topological polar surface area (TPSA) is 12.5 Å². The molecule has 16 rings (SSSR count). The highest BCUT2D eigenvalue weighted by Gasteiger charge is 2.53. The molecule has 3 aliphatic rings. The second kappa shape index (κ2) is 17.3. The predicted molar refractivity (Wildman–Crippen MR) is 322 cm³/mol. The van der Waals surface area contributed by atoms with Gasteiger partial charge in [0.05, 0.1) is 22.2 Å². The summed E-state index contributed by atoms with van der Waals surface area (Å²) >= 11 is 0. The summed E-state index contributed by atoms with van der Waals surface area (Å²) < 4.78 is 7.28. The number of ether oxygens (including phenoxy) is 1. The highest BCUT2D eigenvalue weighted by molar-refractivity contribution is 6.04. The molecule has 364 valence electrons. The zero-order chi connectivity index (χ0) is 51.4. The minimum Gasteiger partial charge on any atom is -0.455 e. The minimum atomic E-state index is -0.643. The molecule has 1 heterocycles. The third-order valence-corrected chi connectivity index (χ3v) is 17.2. The number of benzene rings is 13. The molecule has 13 aromatic carbocycles. The molecule has 0 bridgehead atoms. The number of para-hydroxylation sites is 1. The Morgan fingerprint density at radius 1 is 0.256 bits per heavy atom. The Balaban J connectivity index is 0.922. The first-order chi connectivity index (χ1) is 38.7. The SMILES string of the molecule is c1ccc(-c2ccccc2N(c2ccc(-c3cccc4c3-c3ccccc3C43c4ccc5ccccc5c4Oc4c3ccc3ccccc43)cc2)c2cccc3c2-c2ccccc2C3(c2ccccc2)c2ccccc2)cc1. The highest BCUT2D eigenvalue weighted by Crippen LogP contribution is 2.66. The molecule has 0 saturated carbocycles. The van der Waals surface area contributed by atoms with E-state index in [1.54, 1.807) is 0 Å². The summed E-state index contributed by atoms with van der Waals surface area (Å²) in [5.74, 6) is 1.84. The van der Waals surface area contributed by atoms with Gasteiger partial charge in [0.15, 0.2) is 0 Å². The quantitative estimate of drug-likeness (QED) is 0.158. The largest absolute Gasteiger partial charge is 0.455 e. The third kappa shape index (κ3) is 6.14. The first-order valence-electron chi connectivity index (χ1n) is 27.1. The van der Waals surface area contributed by atoms with E-state index in [0.717, 1.165) is 77.9 Å². The fourth-order valence-electron chi connectivity index (χ4n) is 14.1. The lowest BCUT2D eigenvalue weighted by molar-refractivity contribution is 0.447. The lowest BCUT2D eigenvalue weighted by atomic mass is 9.65. The van der Waals surface area contributed by atoms with Crippen LogP contribution in [-0.2, 0) is 10.8 Å². The standard InChI is InChI=1S/C76H49NO/c1-4-22-50(23-5-1)57-30-16-19-40-69(57)77(70-41-21-39-66-72(70)62-34-15-17-36-63(62)75(66,54-26-6-2-7-27-54)55-28-8-3-9-29-55)56-46-42-53(43-47-56)58-35-20-38-65-71(58)61-33-14-18-37-64(61)76(65)67-48-44-51-24-10-12-31-59(51)73(67)78-74-60-32-13-11-25-52(60)45-49-68(74)76/h1-49H. The van der Waals surface area contributed by atoms with Gasteiger partial charge >= 0.3 is 0 Å². The van der Waals surface area contributed by atoms with Crippen LogP contribution in [0.3, 0.4) is 0 Å². The average molecular weight is 992 g/mol. The van der Waals surface area contributed by atoms with Crippen LogP contribution in [-0.4, -0.2) is 0 Å². The van der Waals surface area contributed by atoms with Gasteiger partial charge in [-0.3, -0.25) is 0 Å². The molecule has 0 amide bonds. The van der Waals surface area contributed by atoms with E-state index in [1.165, 1.54) is 61.2 Å². The summed E-state index contributed by atoms with van der Waals surface area (Å²) in [5.41, 5.74) is 21.6. The molecule has 1 aliphatic heterocycles. The molecule has 0 fully saturated rings. The van der Waals surface area contributed by atoms with Gasteiger partial charge in [-0.25, -0.2) is 0 Å². The van der Waals surface area contributed by atoms with Crippen LogP contribution in [0, 0.1) is 0 Å². The van der Waals surface area contributed by atoms with E-state index in [0.29, 0.717) is 0 Å². The van der Waals surface area contributed by atoms with Gasteiger partial charge in [-0.15, -0.1) is 0 Å². The van der Waals surface area contributed by atoms with Crippen LogP contribution in [0.4, 0.5) is 17.1 Å². The van der Waals surface area contributed by atoms with Crippen molar-refractivity contribution < 1.29 is 4.74 Å². The Kier molecular flexibility index (Phi) is 9.80. The first kappa shape index (κ1) is 44.3. The maximum absolute atomic E-state index is 7.28. The van der Waals surface area contributed by atoms with Crippen LogP contribution in [0.2, 0.25) is 0 Å². The Labute approximate surface area is 454 Å². The van der Waals surface area contributed by atoms with Crippen molar-refractivity contribution in [3.8, 4) is 56.0 Å². The van der Waals surface area contributed by atoms with E-state index in [-0.39, 0.29) is 0 Å². The first-order valence-corrected chi connectivity index (χ1v) is 27.1. The van der Waals surface area contributed by atoms with E-state index in [2.05, 4.69) is 302 Å². The molecule has 2 nitrogen and oxygen atoms in total. The minimum absolute atomic E-state index is 0.550. The fraction of sp³-hybridized carbons (Fsp3) is 0.0263. The number of nitrogens with zero attached hydrogens (tertiary/aromatic N) is 1. The zero-order valence-corrected chi connectivity index (χ0v) is 42.6. The van der Waals surface area contributed by atoms with Crippen LogP contribution in [0.1, 0.15) is 44.5 Å².